The van der Waals surface area contributed by atoms with Crippen LogP contribution in [0.1, 0.15) is 0 Å². The molecule has 10 heavy (non-hydrogen) atoms. The fraction of sp³-hybridized carbons (Fsp3) is 0. The van der Waals surface area contributed by atoms with Crippen LogP contribution in [-0.2, 0) is 0 Å². The summed E-state index contributed by atoms with van der Waals surface area (Å²) in [7, 11) is 0. The molecule has 0 aliphatic heterocycles. The molecule has 52 valence electrons. The zero-order chi connectivity index (χ0) is 7.15. The van der Waals surface area contributed by atoms with Crippen LogP contribution in [0.5, 0.6) is 0 Å². The molecule has 0 aromatic heterocycles. The Hall–Kier alpha value is 0.137. The predicted octanol–water partition coefficient (Wildman–Crippen LogP) is -0.852. The van der Waals surface area contributed by atoms with Crippen molar-refractivity contribution in [2.45, 2.75) is 0 Å². The molecule has 0 aromatic carbocycles. The first-order valence-corrected chi connectivity index (χ1v) is 1.30. The number of rotatable bonds is 0. The number of carbonyl (C=O) groups is 2. The van der Waals surface area contributed by atoms with Crippen LogP contribution in [0.15, 0.2) is 0 Å². The number of hydrogen-bond acceptors (Lipinski definition) is 2. The molecule has 0 aliphatic carbocycles. The van der Waals surface area contributed by atoms with Crippen LogP contribution in [0.3, 0.4) is 0 Å². The van der Waals surface area contributed by atoms with Crippen molar-refractivity contribution >= 4 is 60.7 Å². The Kier molecular flexibility index (Phi) is 36.1. The van der Waals surface area contributed by atoms with Crippen molar-refractivity contribution in [3.8, 4) is 0 Å². The van der Waals surface area contributed by atoms with Gasteiger partial charge < -0.3 is 20.4 Å². The zero-order valence-electron chi connectivity index (χ0n) is 3.61. The third kappa shape index (κ3) is 22000. The van der Waals surface area contributed by atoms with Gasteiger partial charge in [0.25, 0.3) is 0 Å². The van der Waals surface area contributed by atoms with E-state index in [-0.39, 0.29) is 48.4 Å². The maximum absolute atomic E-state index is 8.56. The van der Waals surface area contributed by atoms with Gasteiger partial charge in [-0.3, -0.25) is 0 Å². The fourth-order valence-electron chi connectivity index (χ4n) is 0. The van der Waals surface area contributed by atoms with Crippen molar-refractivity contribution in [2.75, 3.05) is 0 Å². The average molecular weight is 156 g/mol. The normalized spacial score (nSPS) is 4.80. The van der Waals surface area contributed by atoms with Gasteiger partial charge in [-0.2, -0.15) is 0 Å². The summed E-state index contributed by atoms with van der Waals surface area (Å²) >= 11 is 0. The Morgan fingerprint density at radius 1 is 0.800 bits per heavy atom. The summed E-state index contributed by atoms with van der Waals surface area (Å²) in [5, 5.41) is 27.9. The molecule has 0 radical (unpaired) electrons. The fourth-order valence-corrected chi connectivity index (χ4v) is 0. The quantitative estimate of drug-likeness (QED) is 0.339. The van der Waals surface area contributed by atoms with Crippen LogP contribution < -0.4 is 0 Å². The molecule has 0 fully saturated rings. The van der Waals surface area contributed by atoms with E-state index >= 15 is 0 Å². The Morgan fingerprint density at radius 2 is 0.800 bits per heavy atom. The van der Waals surface area contributed by atoms with E-state index in [1.165, 1.54) is 0 Å². The summed E-state index contributed by atoms with van der Waals surface area (Å²) in [6.07, 6.45) is -3.67. The number of carboxylic acid groups (broad SMARTS) is 4. The summed E-state index contributed by atoms with van der Waals surface area (Å²) in [4.78, 5) is 17.1. The van der Waals surface area contributed by atoms with Gasteiger partial charge in [0.1, 0.15) is 0 Å². The summed E-state index contributed by atoms with van der Waals surface area (Å²) < 4.78 is 0. The van der Waals surface area contributed by atoms with Crippen molar-refractivity contribution in [1.82, 2.24) is 0 Å². The van der Waals surface area contributed by atoms with Crippen molar-refractivity contribution in [2.24, 2.45) is 0 Å². The van der Waals surface area contributed by atoms with E-state index in [9.17, 15) is 0 Å². The van der Waals surface area contributed by atoms with Gasteiger partial charge in [-0.1, -0.05) is 0 Å². The van der Waals surface area contributed by atoms with E-state index in [0.29, 0.717) is 0 Å². The Balaban J connectivity index is -0.0000000300. The van der Waals surface area contributed by atoms with Gasteiger partial charge in [0.2, 0.25) is 0 Å². The van der Waals surface area contributed by atoms with Crippen LogP contribution in [0.25, 0.3) is 0 Å². The van der Waals surface area contributed by atoms with Gasteiger partial charge >= 0.3 is 60.7 Å². The van der Waals surface area contributed by atoms with Gasteiger partial charge in [0, 0.05) is 0 Å². The second-order valence-electron chi connectivity index (χ2n) is 0.565. The molecule has 4 N–H and O–H groups in total. The molecule has 0 bridgehead atoms. The zero-order valence-corrected chi connectivity index (χ0v) is 3.61. The molecule has 0 saturated carbocycles. The van der Waals surface area contributed by atoms with Gasteiger partial charge in [-0.25, -0.2) is 9.59 Å². The molecule has 0 aliphatic rings. The summed E-state index contributed by atoms with van der Waals surface area (Å²) in [5.41, 5.74) is 0. The average Bonchev–Trinajstić information content (AvgIpc) is 1.25. The third-order valence-corrected chi connectivity index (χ3v) is 0. The SMILES string of the molecule is O=C(O)O.O=C(O)O.[LiH].[NaH]. The molecule has 0 saturated heterocycles. The second kappa shape index (κ2) is 16.1. The molecule has 0 spiro atoms. The molecule has 0 heterocycles. The summed E-state index contributed by atoms with van der Waals surface area (Å²) in [5.74, 6) is 0. The topological polar surface area (TPSA) is 115 Å². The first-order valence-electron chi connectivity index (χ1n) is 1.30. The van der Waals surface area contributed by atoms with Crippen molar-refractivity contribution < 1.29 is 30.0 Å². The molecule has 0 amide bonds. The summed E-state index contributed by atoms with van der Waals surface area (Å²) in [6.45, 7) is 0. The van der Waals surface area contributed by atoms with Crippen molar-refractivity contribution in [3.05, 3.63) is 0 Å². The minimum absolute atomic E-state index is 0. The van der Waals surface area contributed by atoms with Crippen LogP contribution >= 0.6 is 0 Å². The number of hydrogen-bond donors (Lipinski definition) is 4. The van der Waals surface area contributed by atoms with Crippen molar-refractivity contribution in [1.29, 1.82) is 0 Å². The predicted molar refractivity (Wildman–Crippen MR) is 35.6 cm³/mol. The maximum atomic E-state index is 8.56. The monoisotopic (exact) mass is 156 g/mol. The Bertz CT molecular complexity index is 73.7. The van der Waals surface area contributed by atoms with E-state index < -0.39 is 12.3 Å². The molecule has 0 atom stereocenters. The van der Waals surface area contributed by atoms with Crippen molar-refractivity contribution in [3.63, 3.8) is 0 Å². The van der Waals surface area contributed by atoms with Crippen LogP contribution in [-0.4, -0.2) is 81.2 Å². The molecular weight excluding hydrogens is 150 g/mol. The first kappa shape index (κ1) is 22.5. The van der Waals surface area contributed by atoms with E-state index in [1.807, 2.05) is 0 Å². The Morgan fingerprint density at radius 3 is 0.800 bits per heavy atom. The molecule has 0 unspecified atom stereocenters. The van der Waals surface area contributed by atoms with Gasteiger partial charge in [0.05, 0.1) is 0 Å². The van der Waals surface area contributed by atoms with E-state index in [4.69, 9.17) is 30.0 Å². The second-order valence-corrected chi connectivity index (χ2v) is 0.565. The molecular formula is C2H6LiNaO6. The van der Waals surface area contributed by atoms with E-state index in [0.717, 1.165) is 0 Å². The van der Waals surface area contributed by atoms with Crippen LogP contribution in [0, 0.1) is 0 Å². The molecule has 0 rings (SSSR count). The van der Waals surface area contributed by atoms with Crippen LogP contribution in [0.2, 0.25) is 0 Å². The van der Waals surface area contributed by atoms with Gasteiger partial charge in [-0.05, 0) is 0 Å². The van der Waals surface area contributed by atoms with Gasteiger partial charge in [-0.15, -0.1) is 0 Å². The summed E-state index contributed by atoms with van der Waals surface area (Å²) in [6, 6.07) is 0. The molecule has 6 nitrogen and oxygen atoms in total. The standard InChI is InChI=1S/2CH2O3.Li.Na.2H/c2*2-1(3)4;;;;/h2*(H2,2,3,4);;;;. The molecule has 0 aromatic rings. The van der Waals surface area contributed by atoms with E-state index in [1.54, 1.807) is 0 Å². The first-order chi connectivity index (χ1) is 3.46. The minimum atomic E-state index is -1.83. The van der Waals surface area contributed by atoms with Gasteiger partial charge in [0.15, 0.2) is 0 Å². The molecule has 8 heteroatoms. The van der Waals surface area contributed by atoms with Crippen LogP contribution in [0.4, 0.5) is 9.59 Å². The third-order valence-electron chi connectivity index (χ3n) is 0. The Labute approximate surface area is 90.3 Å². The van der Waals surface area contributed by atoms with E-state index in [2.05, 4.69) is 0 Å².